The van der Waals surface area contributed by atoms with Gasteiger partial charge in [-0.1, -0.05) is 12.1 Å². The molecule has 1 unspecified atom stereocenters. The van der Waals surface area contributed by atoms with Crippen LogP contribution in [0.5, 0.6) is 0 Å². The molecule has 0 bridgehead atoms. The highest BCUT2D eigenvalue weighted by Crippen LogP contribution is 2.32. The minimum atomic E-state index is -1.49. The maximum atomic E-state index is 11.7. The topological polar surface area (TPSA) is 66.8 Å². The van der Waals surface area contributed by atoms with Crippen LogP contribution in [0.25, 0.3) is 0 Å². The minimum absolute atomic E-state index is 0.0101. The van der Waals surface area contributed by atoms with Crippen LogP contribution < -0.4 is 4.90 Å². The van der Waals surface area contributed by atoms with E-state index < -0.39 is 17.7 Å². The maximum Gasteiger partial charge on any atom is 0.415 e. The van der Waals surface area contributed by atoms with Gasteiger partial charge in [-0.2, -0.15) is 0 Å². The molecule has 1 aromatic rings. The summed E-state index contributed by atoms with van der Waals surface area (Å²) in [6.07, 6.45) is -0.651. The summed E-state index contributed by atoms with van der Waals surface area (Å²) < 4.78 is 5.61. The molecule has 1 aliphatic heterocycles. The molecule has 5 nitrogen and oxygen atoms in total. The number of nitrogens with zero attached hydrogens (tertiary/aromatic N) is 1. The van der Waals surface area contributed by atoms with Crippen molar-refractivity contribution in [2.24, 2.45) is 0 Å². The van der Waals surface area contributed by atoms with E-state index in [2.05, 4.69) is 15.9 Å². The van der Waals surface area contributed by atoms with Crippen LogP contribution in [0.4, 0.5) is 10.5 Å². The average Bonchev–Trinajstić information content (AvgIpc) is 2.56. The van der Waals surface area contributed by atoms with Crippen molar-refractivity contribution in [2.45, 2.75) is 12.5 Å². The molecule has 0 spiro atoms. The van der Waals surface area contributed by atoms with Gasteiger partial charge >= 0.3 is 12.1 Å². The Hall–Kier alpha value is -1.56. The summed E-state index contributed by atoms with van der Waals surface area (Å²) in [5.74, 6) is -1.15. The Labute approximate surface area is 106 Å². The zero-order valence-corrected chi connectivity index (χ0v) is 10.6. The Bertz CT molecular complexity index is 490. The van der Waals surface area contributed by atoms with Crippen molar-refractivity contribution in [3.63, 3.8) is 0 Å². The maximum absolute atomic E-state index is 11.7. The second-order valence-corrected chi connectivity index (χ2v) is 4.80. The lowest BCUT2D eigenvalue weighted by molar-refractivity contribution is -0.152. The van der Waals surface area contributed by atoms with Crippen molar-refractivity contribution in [3.05, 3.63) is 28.7 Å². The van der Waals surface area contributed by atoms with E-state index in [-0.39, 0.29) is 6.54 Å². The van der Waals surface area contributed by atoms with Crippen molar-refractivity contribution in [1.29, 1.82) is 0 Å². The van der Waals surface area contributed by atoms with Crippen molar-refractivity contribution < 1.29 is 19.4 Å². The zero-order chi connectivity index (χ0) is 12.6. The number of ether oxygens (including phenoxy) is 1. The lowest BCUT2D eigenvalue weighted by atomic mass is 10.1. The number of halogens is 1. The first kappa shape index (κ1) is 11.9. The van der Waals surface area contributed by atoms with Gasteiger partial charge < -0.3 is 9.84 Å². The van der Waals surface area contributed by atoms with Gasteiger partial charge in [-0.15, -0.1) is 0 Å². The van der Waals surface area contributed by atoms with Crippen LogP contribution in [0.3, 0.4) is 0 Å². The first-order valence-corrected chi connectivity index (χ1v) is 5.72. The van der Waals surface area contributed by atoms with Gasteiger partial charge in [0.25, 0.3) is 0 Å². The van der Waals surface area contributed by atoms with E-state index in [1.165, 1.54) is 11.8 Å². The van der Waals surface area contributed by atoms with Crippen LogP contribution in [0.2, 0.25) is 0 Å². The fourth-order valence-corrected chi connectivity index (χ4v) is 2.11. The first-order valence-electron chi connectivity index (χ1n) is 4.92. The van der Waals surface area contributed by atoms with Gasteiger partial charge in [-0.25, -0.2) is 9.59 Å². The van der Waals surface area contributed by atoms with Crippen molar-refractivity contribution in [3.8, 4) is 0 Å². The summed E-state index contributed by atoms with van der Waals surface area (Å²) in [5.41, 5.74) is -0.894. The van der Waals surface area contributed by atoms with Crippen molar-refractivity contribution >= 4 is 33.7 Å². The second-order valence-electron chi connectivity index (χ2n) is 3.94. The SMILES string of the molecule is CC1(C(=O)O)CN(c2ccccc2Br)C(=O)O1. The molecule has 1 amide bonds. The van der Waals surface area contributed by atoms with E-state index in [0.29, 0.717) is 10.2 Å². The molecular formula is C11H10BrNO4. The van der Waals surface area contributed by atoms with Crippen LogP contribution in [-0.2, 0) is 9.53 Å². The van der Waals surface area contributed by atoms with Crippen LogP contribution >= 0.6 is 15.9 Å². The predicted molar refractivity (Wildman–Crippen MR) is 64.0 cm³/mol. The van der Waals surface area contributed by atoms with Gasteiger partial charge in [0.15, 0.2) is 0 Å². The molecule has 1 aliphatic rings. The van der Waals surface area contributed by atoms with Gasteiger partial charge in [0, 0.05) is 4.47 Å². The molecule has 0 aromatic heterocycles. The Kier molecular flexibility index (Phi) is 2.82. The van der Waals surface area contributed by atoms with Gasteiger partial charge in [-0.05, 0) is 35.0 Å². The van der Waals surface area contributed by atoms with Crippen LogP contribution in [0, 0.1) is 0 Å². The molecule has 0 saturated carbocycles. The third-order valence-corrected chi connectivity index (χ3v) is 3.26. The Morgan fingerprint density at radius 1 is 1.53 bits per heavy atom. The lowest BCUT2D eigenvalue weighted by Gasteiger charge is -2.17. The average molecular weight is 300 g/mol. The fraction of sp³-hybridized carbons (Fsp3) is 0.273. The number of anilines is 1. The smallest absolute Gasteiger partial charge is 0.415 e. The highest BCUT2D eigenvalue weighted by atomic mass is 79.9. The number of benzene rings is 1. The molecule has 90 valence electrons. The summed E-state index contributed by atoms with van der Waals surface area (Å²) in [4.78, 5) is 24.0. The van der Waals surface area contributed by atoms with E-state index in [4.69, 9.17) is 9.84 Å². The molecule has 1 atom stereocenters. The summed E-state index contributed by atoms with van der Waals surface area (Å²) in [7, 11) is 0. The second kappa shape index (κ2) is 4.03. The number of cyclic esters (lactones) is 1. The first-order chi connectivity index (χ1) is 7.94. The number of rotatable bonds is 2. The summed E-state index contributed by atoms with van der Waals surface area (Å²) >= 11 is 3.31. The number of para-hydroxylation sites is 1. The number of carboxylic acid groups (broad SMARTS) is 1. The van der Waals surface area contributed by atoms with Crippen LogP contribution in [0.15, 0.2) is 28.7 Å². The number of amides is 1. The normalized spacial score (nSPS) is 23.6. The number of carbonyl (C=O) groups excluding carboxylic acids is 1. The van der Waals surface area contributed by atoms with E-state index in [1.54, 1.807) is 18.2 Å². The lowest BCUT2D eigenvalue weighted by Crippen LogP contribution is -2.39. The molecule has 0 aliphatic carbocycles. The molecule has 2 rings (SSSR count). The number of hydrogen-bond acceptors (Lipinski definition) is 3. The van der Waals surface area contributed by atoms with E-state index in [1.807, 2.05) is 6.07 Å². The third-order valence-electron chi connectivity index (χ3n) is 2.59. The van der Waals surface area contributed by atoms with Crippen molar-refractivity contribution in [1.82, 2.24) is 0 Å². The molecule has 1 aromatic carbocycles. The monoisotopic (exact) mass is 299 g/mol. The van der Waals surface area contributed by atoms with Gasteiger partial charge in [-0.3, -0.25) is 4.90 Å². The Balaban J connectivity index is 2.34. The highest BCUT2D eigenvalue weighted by molar-refractivity contribution is 9.10. The van der Waals surface area contributed by atoms with Gasteiger partial charge in [0.05, 0.1) is 12.2 Å². The molecular weight excluding hydrogens is 290 g/mol. The Morgan fingerprint density at radius 2 is 2.18 bits per heavy atom. The number of hydrogen-bond donors (Lipinski definition) is 1. The highest BCUT2D eigenvalue weighted by Gasteiger charge is 2.48. The van der Waals surface area contributed by atoms with E-state index in [9.17, 15) is 9.59 Å². The molecule has 1 heterocycles. The standard InChI is InChI=1S/C11H10BrNO4/c1-11(9(14)15)6-13(10(16)17-11)8-5-3-2-4-7(8)12/h2-5H,6H2,1H3,(H,14,15). The molecule has 1 N–H and O–H groups in total. The van der Waals surface area contributed by atoms with E-state index >= 15 is 0 Å². The molecule has 1 saturated heterocycles. The molecule has 1 fully saturated rings. The summed E-state index contributed by atoms with van der Waals surface area (Å²) in [6, 6.07) is 7.08. The largest absolute Gasteiger partial charge is 0.478 e. The fourth-order valence-electron chi connectivity index (χ4n) is 1.61. The zero-order valence-electron chi connectivity index (χ0n) is 9.01. The van der Waals surface area contributed by atoms with Crippen LogP contribution in [0.1, 0.15) is 6.92 Å². The summed E-state index contributed by atoms with van der Waals surface area (Å²) in [6.45, 7) is 1.37. The predicted octanol–water partition coefficient (Wildman–Crippen LogP) is 2.25. The van der Waals surface area contributed by atoms with Crippen molar-refractivity contribution in [2.75, 3.05) is 11.4 Å². The number of aliphatic carboxylic acids is 1. The summed E-state index contributed by atoms with van der Waals surface area (Å²) in [5, 5.41) is 9.01. The number of carbonyl (C=O) groups is 2. The van der Waals surface area contributed by atoms with Gasteiger partial charge in [0.2, 0.25) is 5.60 Å². The Morgan fingerprint density at radius 3 is 2.71 bits per heavy atom. The number of carboxylic acids is 1. The van der Waals surface area contributed by atoms with E-state index in [0.717, 1.165) is 0 Å². The molecule has 17 heavy (non-hydrogen) atoms. The van der Waals surface area contributed by atoms with Crippen LogP contribution in [-0.4, -0.2) is 29.3 Å². The molecule has 6 heteroatoms. The quantitative estimate of drug-likeness (QED) is 0.909. The molecule has 0 radical (unpaired) electrons. The van der Waals surface area contributed by atoms with Gasteiger partial charge in [0.1, 0.15) is 0 Å². The minimum Gasteiger partial charge on any atom is -0.478 e. The third kappa shape index (κ3) is 2.00.